The summed E-state index contributed by atoms with van der Waals surface area (Å²) in [6.07, 6.45) is 2.54. The van der Waals surface area contributed by atoms with Crippen LogP contribution in [-0.4, -0.2) is 36.6 Å². The van der Waals surface area contributed by atoms with Crippen LogP contribution in [0.1, 0.15) is 27.2 Å². The van der Waals surface area contributed by atoms with E-state index in [0.717, 1.165) is 31.1 Å². The van der Waals surface area contributed by atoms with Gasteiger partial charge in [-0.3, -0.25) is 0 Å². The van der Waals surface area contributed by atoms with Crippen molar-refractivity contribution in [3.05, 3.63) is 12.4 Å². The molecular formula is C13H25N5. The first-order chi connectivity index (χ1) is 8.42. The lowest BCUT2D eigenvalue weighted by molar-refractivity contribution is 0.418. The van der Waals surface area contributed by atoms with Crippen LogP contribution >= 0.6 is 0 Å². The zero-order valence-corrected chi connectivity index (χ0v) is 11.9. The SMILES string of the molecule is CN(CC(C)(C)C)c1cc(NCCCN)ncn1. The van der Waals surface area contributed by atoms with Crippen LogP contribution in [0.15, 0.2) is 12.4 Å². The third kappa shape index (κ3) is 5.31. The Balaban J connectivity index is 2.63. The van der Waals surface area contributed by atoms with Crippen LogP contribution in [0.25, 0.3) is 0 Å². The molecule has 0 bridgehead atoms. The van der Waals surface area contributed by atoms with Crippen molar-refractivity contribution < 1.29 is 0 Å². The molecule has 5 heteroatoms. The van der Waals surface area contributed by atoms with Gasteiger partial charge in [-0.1, -0.05) is 20.8 Å². The molecule has 1 rings (SSSR count). The van der Waals surface area contributed by atoms with Crippen LogP contribution in [-0.2, 0) is 0 Å². The minimum Gasteiger partial charge on any atom is -0.370 e. The lowest BCUT2D eigenvalue weighted by atomic mass is 9.96. The van der Waals surface area contributed by atoms with Crippen LogP contribution in [0.2, 0.25) is 0 Å². The molecule has 1 heterocycles. The molecule has 0 amide bonds. The molecule has 0 radical (unpaired) electrons. The van der Waals surface area contributed by atoms with Crippen molar-refractivity contribution in [1.29, 1.82) is 0 Å². The Bertz CT molecular complexity index is 359. The van der Waals surface area contributed by atoms with Gasteiger partial charge in [-0.25, -0.2) is 9.97 Å². The Morgan fingerprint density at radius 1 is 1.33 bits per heavy atom. The van der Waals surface area contributed by atoms with Crippen LogP contribution in [0.3, 0.4) is 0 Å². The van der Waals surface area contributed by atoms with Crippen molar-refractivity contribution in [3.63, 3.8) is 0 Å². The van der Waals surface area contributed by atoms with E-state index in [4.69, 9.17) is 5.73 Å². The molecule has 0 unspecified atom stereocenters. The highest BCUT2D eigenvalue weighted by molar-refractivity contribution is 5.47. The molecule has 102 valence electrons. The Labute approximate surface area is 110 Å². The lowest BCUT2D eigenvalue weighted by Gasteiger charge is -2.27. The molecule has 0 aliphatic carbocycles. The summed E-state index contributed by atoms with van der Waals surface area (Å²) >= 11 is 0. The quantitative estimate of drug-likeness (QED) is 0.754. The molecule has 0 atom stereocenters. The number of nitrogens with two attached hydrogens (primary N) is 1. The van der Waals surface area contributed by atoms with Gasteiger partial charge in [-0.15, -0.1) is 0 Å². The van der Waals surface area contributed by atoms with Crippen LogP contribution < -0.4 is 16.0 Å². The number of rotatable bonds is 6. The molecule has 18 heavy (non-hydrogen) atoms. The number of aromatic nitrogens is 2. The molecule has 3 N–H and O–H groups in total. The van der Waals surface area contributed by atoms with E-state index in [1.807, 2.05) is 6.07 Å². The summed E-state index contributed by atoms with van der Waals surface area (Å²) in [4.78, 5) is 10.7. The summed E-state index contributed by atoms with van der Waals surface area (Å²) in [5.74, 6) is 1.80. The Kier molecular flexibility index (Phi) is 5.34. The van der Waals surface area contributed by atoms with Gasteiger partial charge in [0.2, 0.25) is 0 Å². The van der Waals surface area contributed by atoms with E-state index < -0.39 is 0 Å². The molecule has 1 aromatic rings. The summed E-state index contributed by atoms with van der Waals surface area (Å²) in [6, 6.07) is 1.97. The van der Waals surface area contributed by atoms with Gasteiger partial charge in [0, 0.05) is 26.2 Å². The monoisotopic (exact) mass is 251 g/mol. The van der Waals surface area contributed by atoms with Gasteiger partial charge in [-0.05, 0) is 18.4 Å². The number of nitrogens with zero attached hydrogens (tertiary/aromatic N) is 3. The lowest BCUT2D eigenvalue weighted by Crippen LogP contribution is -2.29. The molecule has 0 saturated carbocycles. The highest BCUT2D eigenvalue weighted by Crippen LogP contribution is 2.19. The van der Waals surface area contributed by atoms with Crippen molar-refractivity contribution in [3.8, 4) is 0 Å². The molecule has 0 fully saturated rings. The van der Waals surface area contributed by atoms with Crippen LogP contribution in [0.5, 0.6) is 0 Å². The van der Waals surface area contributed by atoms with Crippen molar-refractivity contribution in [2.45, 2.75) is 27.2 Å². The summed E-state index contributed by atoms with van der Waals surface area (Å²) in [5.41, 5.74) is 5.70. The summed E-state index contributed by atoms with van der Waals surface area (Å²) in [6.45, 7) is 9.12. The molecule has 0 aliphatic rings. The predicted octanol–water partition coefficient (Wildman–Crippen LogP) is 1.72. The molecule has 5 nitrogen and oxygen atoms in total. The summed E-state index contributed by atoms with van der Waals surface area (Å²) in [5, 5.41) is 3.25. The molecule has 0 saturated heterocycles. The molecule has 0 aliphatic heterocycles. The van der Waals surface area contributed by atoms with Gasteiger partial charge in [0.1, 0.15) is 18.0 Å². The third-order valence-corrected chi connectivity index (χ3v) is 2.44. The van der Waals surface area contributed by atoms with Gasteiger partial charge >= 0.3 is 0 Å². The van der Waals surface area contributed by atoms with E-state index in [0.29, 0.717) is 6.54 Å². The molecule has 0 aromatic carbocycles. The first-order valence-corrected chi connectivity index (χ1v) is 6.39. The number of hydrogen-bond donors (Lipinski definition) is 2. The van der Waals surface area contributed by atoms with Gasteiger partial charge < -0.3 is 16.0 Å². The number of nitrogens with one attached hydrogen (secondary N) is 1. The zero-order chi connectivity index (χ0) is 13.6. The molecule has 1 aromatic heterocycles. The highest BCUT2D eigenvalue weighted by Gasteiger charge is 2.14. The Hall–Kier alpha value is -1.36. The second-order valence-corrected chi connectivity index (χ2v) is 5.75. The van der Waals surface area contributed by atoms with Crippen molar-refractivity contribution in [1.82, 2.24) is 9.97 Å². The van der Waals surface area contributed by atoms with E-state index in [1.165, 1.54) is 0 Å². The van der Waals surface area contributed by atoms with E-state index in [-0.39, 0.29) is 5.41 Å². The zero-order valence-electron chi connectivity index (χ0n) is 11.9. The maximum atomic E-state index is 5.46. The molecular weight excluding hydrogens is 226 g/mol. The van der Waals surface area contributed by atoms with Gasteiger partial charge in [-0.2, -0.15) is 0 Å². The predicted molar refractivity (Wildman–Crippen MR) is 76.9 cm³/mol. The van der Waals surface area contributed by atoms with Crippen molar-refractivity contribution in [2.24, 2.45) is 11.1 Å². The minimum absolute atomic E-state index is 0.243. The fraction of sp³-hybridized carbons (Fsp3) is 0.692. The first-order valence-electron chi connectivity index (χ1n) is 6.39. The third-order valence-electron chi connectivity index (χ3n) is 2.44. The second-order valence-electron chi connectivity index (χ2n) is 5.75. The van der Waals surface area contributed by atoms with E-state index in [1.54, 1.807) is 6.33 Å². The average Bonchev–Trinajstić information content (AvgIpc) is 2.27. The van der Waals surface area contributed by atoms with Crippen LogP contribution in [0, 0.1) is 5.41 Å². The number of anilines is 2. The Morgan fingerprint density at radius 3 is 2.67 bits per heavy atom. The first kappa shape index (κ1) is 14.7. The Morgan fingerprint density at radius 2 is 2.06 bits per heavy atom. The standard InChI is InChI=1S/C13H25N5/c1-13(2,3)9-18(4)12-8-11(16-10-17-12)15-7-5-6-14/h8,10H,5-7,9,14H2,1-4H3,(H,15,16,17). The fourth-order valence-electron chi connectivity index (χ4n) is 1.76. The van der Waals surface area contributed by atoms with Crippen molar-refractivity contribution in [2.75, 3.05) is 36.9 Å². The minimum atomic E-state index is 0.243. The summed E-state index contributed by atoms with van der Waals surface area (Å²) in [7, 11) is 2.05. The van der Waals surface area contributed by atoms with Crippen molar-refractivity contribution >= 4 is 11.6 Å². The normalized spacial score (nSPS) is 11.4. The molecule has 0 spiro atoms. The van der Waals surface area contributed by atoms with Gasteiger partial charge in [0.15, 0.2) is 0 Å². The van der Waals surface area contributed by atoms with Gasteiger partial charge in [0.05, 0.1) is 0 Å². The summed E-state index contributed by atoms with van der Waals surface area (Å²) < 4.78 is 0. The maximum absolute atomic E-state index is 5.46. The fourth-order valence-corrected chi connectivity index (χ4v) is 1.76. The number of hydrogen-bond acceptors (Lipinski definition) is 5. The van der Waals surface area contributed by atoms with E-state index in [9.17, 15) is 0 Å². The largest absolute Gasteiger partial charge is 0.370 e. The van der Waals surface area contributed by atoms with E-state index >= 15 is 0 Å². The van der Waals surface area contributed by atoms with Gasteiger partial charge in [0.25, 0.3) is 0 Å². The average molecular weight is 251 g/mol. The topological polar surface area (TPSA) is 67.1 Å². The second kappa shape index (κ2) is 6.54. The smallest absolute Gasteiger partial charge is 0.133 e. The van der Waals surface area contributed by atoms with Crippen LogP contribution in [0.4, 0.5) is 11.6 Å². The highest BCUT2D eigenvalue weighted by atomic mass is 15.2. The maximum Gasteiger partial charge on any atom is 0.133 e. The van der Waals surface area contributed by atoms with E-state index in [2.05, 4.69) is 48.0 Å².